The second kappa shape index (κ2) is 5.47. The molecule has 0 fully saturated rings. The molecule has 0 unspecified atom stereocenters. The number of alkyl halides is 1. The van der Waals surface area contributed by atoms with Crippen LogP contribution in [0, 0.1) is 5.82 Å². The molecule has 0 spiro atoms. The largest absolute Gasteiger partial charge is 0.340 e. The van der Waals surface area contributed by atoms with Crippen LogP contribution in [0.4, 0.5) is 4.39 Å². The summed E-state index contributed by atoms with van der Waals surface area (Å²) < 4.78 is 13.3. The van der Waals surface area contributed by atoms with Crippen molar-refractivity contribution in [2.24, 2.45) is 0 Å². The zero-order chi connectivity index (χ0) is 11.4. The first-order valence-electron chi connectivity index (χ1n) is 4.33. The van der Waals surface area contributed by atoms with Crippen LogP contribution in [0.2, 0.25) is 0 Å². The highest BCUT2D eigenvalue weighted by Gasteiger charge is 2.16. The van der Waals surface area contributed by atoms with Crippen LogP contribution in [-0.4, -0.2) is 30.3 Å². The lowest BCUT2D eigenvalue weighted by Crippen LogP contribution is -2.28. The van der Waals surface area contributed by atoms with Gasteiger partial charge in [-0.15, -0.1) is 11.6 Å². The smallest absolute Gasteiger partial charge is 0.254 e. The van der Waals surface area contributed by atoms with E-state index in [1.807, 2.05) is 0 Å². The molecule has 0 aromatic heterocycles. The number of amides is 1. The highest BCUT2D eigenvalue weighted by Crippen LogP contribution is 2.21. The van der Waals surface area contributed by atoms with Crippen molar-refractivity contribution >= 4 is 33.4 Å². The molecular formula is C10H10BrClFNO. The lowest BCUT2D eigenvalue weighted by Gasteiger charge is -2.16. The fraction of sp³-hybridized carbons (Fsp3) is 0.300. The highest BCUT2D eigenvalue weighted by molar-refractivity contribution is 9.10. The number of halogens is 3. The molecule has 0 saturated heterocycles. The zero-order valence-corrected chi connectivity index (χ0v) is 10.5. The predicted molar refractivity (Wildman–Crippen MR) is 61.8 cm³/mol. The van der Waals surface area contributed by atoms with Crippen LogP contribution in [0.5, 0.6) is 0 Å². The van der Waals surface area contributed by atoms with E-state index in [4.69, 9.17) is 11.6 Å². The van der Waals surface area contributed by atoms with Gasteiger partial charge in [-0.25, -0.2) is 4.39 Å². The summed E-state index contributed by atoms with van der Waals surface area (Å²) in [6.45, 7) is 0.434. The molecule has 0 bridgehead atoms. The van der Waals surface area contributed by atoms with E-state index in [9.17, 15) is 9.18 Å². The van der Waals surface area contributed by atoms with E-state index in [1.54, 1.807) is 13.1 Å². The van der Waals surface area contributed by atoms with Gasteiger partial charge in [-0.1, -0.05) is 6.07 Å². The van der Waals surface area contributed by atoms with Gasteiger partial charge in [-0.05, 0) is 28.1 Å². The van der Waals surface area contributed by atoms with Gasteiger partial charge in [0.2, 0.25) is 0 Å². The third kappa shape index (κ3) is 2.92. The SMILES string of the molecule is CN(CCCl)C(=O)c1cccc(F)c1Br. The summed E-state index contributed by atoms with van der Waals surface area (Å²) >= 11 is 8.56. The van der Waals surface area contributed by atoms with Gasteiger partial charge in [0, 0.05) is 19.5 Å². The molecule has 1 aromatic rings. The Balaban J connectivity index is 2.96. The van der Waals surface area contributed by atoms with Gasteiger partial charge in [0.1, 0.15) is 5.82 Å². The molecule has 1 aromatic carbocycles. The molecule has 0 radical (unpaired) electrons. The summed E-state index contributed by atoms with van der Waals surface area (Å²) in [7, 11) is 1.63. The van der Waals surface area contributed by atoms with E-state index in [1.165, 1.54) is 17.0 Å². The Labute approximate surface area is 101 Å². The monoisotopic (exact) mass is 293 g/mol. The molecule has 0 saturated carbocycles. The summed E-state index contributed by atoms with van der Waals surface area (Å²) in [6, 6.07) is 4.37. The average Bonchev–Trinajstić information content (AvgIpc) is 2.21. The average molecular weight is 295 g/mol. The van der Waals surface area contributed by atoms with E-state index in [0.29, 0.717) is 18.0 Å². The van der Waals surface area contributed by atoms with Crippen LogP contribution in [0.15, 0.2) is 22.7 Å². The van der Waals surface area contributed by atoms with Crippen LogP contribution >= 0.6 is 27.5 Å². The molecule has 0 atom stereocenters. The van der Waals surface area contributed by atoms with Gasteiger partial charge in [0.25, 0.3) is 5.91 Å². The summed E-state index contributed by atoms with van der Waals surface area (Å²) in [6.07, 6.45) is 0. The van der Waals surface area contributed by atoms with Gasteiger partial charge < -0.3 is 4.90 Å². The van der Waals surface area contributed by atoms with Crippen LogP contribution < -0.4 is 0 Å². The van der Waals surface area contributed by atoms with E-state index in [0.717, 1.165) is 0 Å². The number of nitrogens with zero attached hydrogens (tertiary/aromatic N) is 1. The predicted octanol–water partition coefficient (Wildman–Crippen LogP) is 2.90. The van der Waals surface area contributed by atoms with Crippen molar-refractivity contribution in [1.82, 2.24) is 4.90 Å². The van der Waals surface area contributed by atoms with Crippen LogP contribution in [-0.2, 0) is 0 Å². The van der Waals surface area contributed by atoms with Gasteiger partial charge in [0.15, 0.2) is 0 Å². The van der Waals surface area contributed by atoms with Crippen molar-refractivity contribution in [3.05, 3.63) is 34.1 Å². The molecule has 0 N–H and O–H groups in total. The third-order valence-electron chi connectivity index (χ3n) is 1.95. The maximum Gasteiger partial charge on any atom is 0.254 e. The number of hydrogen-bond donors (Lipinski definition) is 0. The minimum absolute atomic E-state index is 0.191. The molecule has 0 heterocycles. The Hall–Kier alpha value is -0.610. The number of carbonyl (C=O) groups excluding carboxylic acids is 1. The summed E-state index contributed by atoms with van der Waals surface area (Å²) in [5, 5.41) is 0. The molecular weight excluding hydrogens is 284 g/mol. The topological polar surface area (TPSA) is 20.3 Å². The van der Waals surface area contributed by atoms with Crippen molar-refractivity contribution in [3.8, 4) is 0 Å². The normalized spacial score (nSPS) is 10.1. The molecule has 2 nitrogen and oxygen atoms in total. The maximum absolute atomic E-state index is 13.1. The number of hydrogen-bond acceptors (Lipinski definition) is 1. The van der Waals surface area contributed by atoms with Crippen molar-refractivity contribution in [2.45, 2.75) is 0 Å². The Kier molecular flexibility index (Phi) is 4.54. The van der Waals surface area contributed by atoms with Crippen molar-refractivity contribution < 1.29 is 9.18 Å². The minimum atomic E-state index is -0.444. The highest BCUT2D eigenvalue weighted by atomic mass is 79.9. The van der Waals surface area contributed by atoms with E-state index in [2.05, 4.69) is 15.9 Å². The van der Waals surface area contributed by atoms with Crippen LogP contribution in [0.1, 0.15) is 10.4 Å². The quantitative estimate of drug-likeness (QED) is 0.785. The lowest BCUT2D eigenvalue weighted by molar-refractivity contribution is 0.0802. The first-order valence-corrected chi connectivity index (χ1v) is 5.66. The second-order valence-electron chi connectivity index (χ2n) is 3.02. The number of benzene rings is 1. The summed E-state index contributed by atoms with van der Waals surface area (Å²) in [5.41, 5.74) is 0.308. The molecule has 1 amide bonds. The molecule has 82 valence electrons. The molecule has 1 rings (SSSR count). The van der Waals surface area contributed by atoms with Gasteiger partial charge in [-0.3, -0.25) is 4.79 Å². The zero-order valence-electron chi connectivity index (χ0n) is 8.14. The first-order chi connectivity index (χ1) is 7.07. The molecule has 0 aliphatic rings. The van der Waals surface area contributed by atoms with Crippen LogP contribution in [0.25, 0.3) is 0 Å². The first kappa shape index (κ1) is 12.5. The Morgan fingerprint density at radius 3 is 2.87 bits per heavy atom. The summed E-state index contributed by atoms with van der Waals surface area (Å²) in [4.78, 5) is 13.2. The van der Waals surface area contributed by atoms with Crippen molar-refractivity contribution in [2.75, 3.05) is 19.5 Å². The van der Waals surface area contributed by atoms with Gasteiger partial charge >= 0.3 is 0 Å². The molecule has 0 aliphatic heterocycles. The maximum atomic E-state index is 13.1. The van der Waals surface area contributed by atoms with E-state index >= 15 is 0 Å². The number of carbonyl (C=O) groups is 1. The number of rotatable bonds is 3. The summed E-state index contributed by atoms with van der Waals surface area (Å²) in [5.74, 6) is -0.336. The fourth-order valence-corrected chi connectivity index (χ4v) is 1.79. The second-order valence-corrected chi connectivity index (χ2v) is 4.19. The molecule has 5 heteroatoms. The Morgan fingerprint density at radius 1 is 1.60 bits per heavy atom. The van der Waals surface area contributed by atoms with E-state index < -0.39 is 5.82 Å². The molecule has 15 heavy (non-hydrogen) atoms. The standard InChI is InChI=1S/C10H10BrClFNO/c1-14(6-5-12)10(15)7-3-2-4-8(13)9(7)11/h2-4H,5-6H2,1H3. The van der Waals surface area contributed by atoms with Crippen molar-refractivity contribution in [1.29, 1.82) is 0 Å². The Morgan fingerprint density at radius 2 is 2.27 bits per heavy atom. The Bertz CT molecular complexity index is 372. The van der Waals surface area contributed by atoms with Crippen molar-refractivity contribution in [3.63, 3.8) is 0 Å². The van der Waals surface area contributed by atoms with E-state index in [-0.39, 0.29) is 10.4 Å². The lowest BCUT2D eigenvalue weighted by atomic mass is 10.2. The van der Waals surface area contributed by atoms with Gasteiger partial charge in [-0.2, -0.15) is 0 Å². The minimum Gasteiger partial charge on any atom is -0.340 e. The third-order valence-corrected chi connectivity index (χ3v) is 2.92. The van der Waals surface area contributed by atoms with Crippen LogP contribution in [0.3, 0.4) is 0 Å². The fourth-order valence-electron chi connectivity index (χ4n) is 1.10. The molecule has 0 aliphatic carbocycles. The van der Waals surface area contributed by atoms with Gasteiger partial charge in [0.05, 0.1) is 10.0 Å².